The van der Waals surface area contributed by atoms with Crippen molar-refractivity contribution in [1.29, 1.82) is 0 Å². The first-order valence-corrected chi connectivity index (χ1v) is 9.58. The van der Waals surface area contributed by atoms with Crippen molar-refractivity contribution in [2.75, 3.05) is 13.7 Å². The van der Waals surface area contributed by atoms with Gasteiger partial charge < -0.3 is 14.5 Å². The van der Waals surface area contributed by atoms with Crippen LogP contribution in [0.3, 0.4) is 0 Å². The Bertz CT molecular complexity index is 1060. The fourth-order valence-corrected chi connectivity index (χ4v) is 3.31. The summed E-state index contributed by atoms with van der Waals surface area (Å²) in [6.07, 6.45) is 2.72. The molecule has 28 heavy (non-hydrogen) atoms. The van der Waals surface area contributed by atoms with Crippen LogP contribution >= 0.6 is 11.6 Å². The lowest BCUT2D eigenvalue weighted by Gasteiger charge is -2.07. The molecule has 4 rings (SSSR count). The van der Waals surface area contributed by atoms with E-state index in [1.165, 1.54) is 0 Å². The molecule has 0 spiro atoms. The quantitative estimate of drug-likeness (QED) is 0.422. The van der Waals surface area contributed by atoms with Crippen molar-refractivity contribution in [3.63, 3.8) is 0 Å². The smallest absolute Gasteiger partial charge is 0.176 e. The lowest BCUT2D eigenvalue weighted by atomic mass is 10.1. The first-order valence-electron chi connectivity index (χ1n) is 9.20. The molecule has 2 heterocycles. The number of benzene rings is 2. The molecule has 2 aromatic heterocycles. The Morgan fingerprint density at radius 1 is 1.07 bits per heavy atom. The van der Waals surface area contributed by atoms with Crippen molar-refractivity contribution in [1.82, 2.24) is 10.3 Å². The van der Waals surface area contributed by atoms with Gasteiger partial charge in [-0.3, -0.25) is 4.98 Å². The van der Waals surface area contributed by atoms with Gasteiger partial charge >= 0.3 is 0 Å². The summed E-state index contributed by atoms with van der Waals surface area (Å²) in [5, 5.41) is 5.19. The largest absolute Gasteiger partial charge is 0.493 e. The molecule has 142 valence electrons. The number of halogens is 1. The molecule has 0 aliphatic rings. The molecular weight excluding hydrogens is 372 g/mol. The van der Waals surface area contributed by atoms with Gasteiger partial charge in [-0.2, -0.15) is 0 Å². The minimum atomic E-state index is 0.705. The van der Waals surface area contributed by atoms with Crippen molar-refractivity contribution in [2.45, 2.75) is 13.0 Å². The van der Waals surface area contributed by atoms with E-state index in [2.05, 4.69) is 16.4 Å². The van der Waals surface area contributed by atoms with Crippen LogP contribution in [0.5, 0.6) is 5.75 Å². The Labute approximate surface area is 169 Å². The van der Waals surface area contributed by atoms with Crippen molar-refractivity contribution in [2.24, 2.45) is 0 Å². The summed E-state index contributed by atoms with van der Waals surface area (Å²) in [5.74, 6) is 1.53. The molecule has 0 saturated heterocycles. The number of nitrogens with one attached hydrogen (secondary N) is 1. The van der Waals surface area contributed by atoms with Gasteiger partial charge in [0.05, 0.1) is 7.11 Å². The molecule has 0 bridgehead atoms. The highest BCUT2D eigenvalue weighted by Crippen LogP contribution is 2.35. The van der Waals surface area contributed by atoms with E-state index in [1.807, 2.05) is 60.8 Å². The molecule has 5 heteroatoms. The number of fused-ring (bicyclic) bond motifs is 1. The third-order valence-corrected chi connectivity index (χ3v) is 4.86. The van der Waals surface area contributed by atoms with E-state index in [9.17, 15) is 0 Å². The SMILES string of the molecule is COc1cc(CNCCc2ccccn2)cc2cc(-c3ccc(Cl)cc3)oc12. The van der Waals surface area contributed by atoms with Gasteiger partial charge in [0.15, 0.2) is 11.3 Å². The van der Waals surface area contributed by atoms with Crippen LogP contribution in [0.15, 0.2) is 71.3 Å². The van der Waals surface area contributed by atoms with Gasteiger partial charge in [-0.05, 0) is 60.2 Å². The van der Waals surface area contributed by atoms with Crippen LogP contribution in [0.4, 0.5) is 0 Å². The van der Waals surface area contributed by atoms with Crippen LogP contribution < -0.4 is 10.1 Å². The molecular formula is C23H21ClN2O2. The maximum absolute atomic E-state index is 6.06. The van der Waals surface area contributed by atoms with Gasteiger partial charge in [0.1, 0.15) is 5.76 Å². The summed E-state index contributed by atoms with van der Waals surface area (Å²) in [4.78, 5) is 4.35. The number of nitrogens with zero attached hydrogens (tertiary/aromatic N) is 1. The minimum absolute atomic E-state index is 0.705. The molecule has 1 N–H and O–H groups in total. The van der Waals surface area contributed by atoms with E-state index in [0.717, 1.165) is 58.8 Å². The molecule has 0 saturated carbocycles. The maximum atomic E-state index is 6.06. The summed E-state index contributed by atoms with van der Waals surface area (Å²) in [5.41, 5.74) is 3.97. The zero-order valence-electron chi connectivity index (χ0n) is 15.6. The van der Waals surface area contributed by atoms with E-state index in [0.29, 0.717) is 5.02 Å². The Kier molecular flexibility index (Phi) is 5.60. The molecule has 4 nitrogen and oxygen atoms in total. The molecule has 0 aliphatic heterocycles. The lowest BCUT2D eigenvalue weighted by molar-refractivity contribution is 0.410. The van der Waals surface area contributed by atoms with Gasteiger partial charge in [-0.25, -0.2) is 0 Å². The van der Waals surface area contributed by atoms with E-state index >= 15 is 0 Å². The highest BCUT2D eigenvalue weighted by molar-refractivity contribution is 6.30. The average Bonchev–Trinajstić information content (AvgIpc) is 3.16. The number of pyridine rings is 1. The van der Waals surface area contributed by atoms with Crippen molar-refractivity contribution >= 4 is 22.6 Å². The summed E-state index contributed by atoms with van der Waals surface area (Å²) < 4.78 is 11.6. The number of aromatic nitrogens is 1. The summed E-state index contributed by atoms with van der Waals surface area (Å²) in [6.45, 7) is 1.61. The zero-order chi connectivity index (χ0) is 19.3. The Balaban J connectivity index is 1.50. The third kappa shape index (κ3) is 4.19. The van der Waals surface area contributed by atoms with Crippen LogP contribution in [0, 0.1) is 0 Å². The van der Waals surface area contributed by atoms with Crippen LogP contribution in [-0.4, -0.2) is 18.6 Å². The average molecular weight is 393 g/mol. The first-order chi connectivity index (χ1) is 13.7. The first kappa shape index (κ1) is 18.5. The van der Waals surface area contributed by atoms with Crippen LogP contribution in [0.1, 0.15) is 11.3 Å². The molecule has 0 fully saturated rings. The number of furan rings is 1. The topological polar surface area (TPSA) is 47.3 Å². The second-order valence-corrected chi connectivity index (χ2v) is 7.02. The highest BCUT2D eigenvalue weighted by Gasteiger charge is 2.12. The molecule has 4 aromatic rings. The van der Waals surface area contributed by atoms with Crippen molar-refractivity contribution in [3.05, 3.63) is 83.1 Å². The minimum Gasteiger partial charge on any atom is -0.493 e. The van der Waals surface area contributed by atoms with Crippen LogP contribution in [-0.2, 0) is 13.0 Å². The van der Waals surface area contributed by atoms with Gasteiger partial charge in [0.2, 0.25) is 0 Å². The number of hydrogen-bond donors (Lipinski definition) is 1. The van der Waals surface area contributed by atoms with Crippen molar-refractivity contribution < 1.29 is 9.15 Å². The Morgan fingerprint density at radius 3 is 2.68 bits per heavy atom. The number of ether oxygens (including phenoxy) is 1. The third-order valence-electron chi connectivity index (χ3n) is 4.60. The molecule has 2 aromatic carbocycles. The van der Waals surface area contributed by atoms with Gasteiger partial charge in [0.25, 0.3) is 0 Å². The van der Waals surface area contributed by atoms with Gasteiger partial charge in [-0.15, -0.1) is 0 Å². The Morgan fingerprint density at radius 2 is 1.93 bits per heavy atom. The van der Waals surface area contributed by atoms with E-state index < -0.39 is 0 Å². The molecule has 0 atom stereocenters. The fourth-order valence-electron chi connectivity index (χ4n) is 3.19. The monoisotopic (exact) mass is 392 g/mol. The summed E-state index contributed by atoms with van der Waals surface area (Å²) in [6, 6.07) is 19.8. The van der Waals surface area contributed by atoms with Crippen LogP contribution in [0.25, 0.3) is 22.3 Å². The summed E-state index contributed by atoms with van der Waals surface area (Å²) in [7, 11) is 1.66. The van der Waals surface area contributed by atoms with Gasteiger partial charge in [-0.1, -0.05) is 17.7 Å². The van der Waals surface area contributed by atoms with E-state index in [1.54, 1.807) is 7.11 Å². The van der Waals surface area contributed by atoms with Gasteiger partial charge in [0, 0.05) is 47.4 Å². The van der Waals surface area contributed by atoms with Crippen molar-refractivity contribution in [3.8, 4) is 17.1 Å². The fraction of sp³-hybridized carbons (Fsp3) is 0.174. The molecule has 0 unspecified atom stereocenters. The maximum Gasteiger partial charge on any atom is 0.176 e. The predicted octanol–water partition coefficient (Wildman–Crippen LogP) is 5.49. The highest BCUT2D eigenvalue weighted by atomic mass is 35.5. The molecule has 0 amide bonds. The second-order valence-electron chi connectivity index (χ2n) is 6.58. The predicted molar refractivity (Wildman–Crippen MR) is 113 cm³/mol. The number of hydrogen-bond acceptors (Lipinski definition) is 4. The standard InChI is InChI=1S/C23H21ClN2O2/c1-27-22-13-16(15-25-11-9-20-4-2-3-10-26-20)12-18-14-21(28-23(18)22)17-5-7-19(24)8-6-17/h2-8,10,12-14,25H,9,11,15H2,1H3. The Hall–Kier alpha value is -2.82. The number of methoxy groups -OCH3 is 1. The number of rotatable bonds is 7. The summed E-state index contributed by atoms with van der Waals surface area (Å²) >= 11 is 5.98. The second kappa shape index (κ2) is 8.46. The normalized spacial score (nSPS) is 11.1. The molecule has 0 radical (unpaired) electrons. The van der Waals surface area contributed by atoms with E-state index in [-0.39, 0.29) is 0 Å². The van der Waals surface area contributed by atoms with E-state index in [4.69, 9.17) is 20.8 Å². The lowest BCUT2D eigenvalue weighted by Crippen LogP contribution is -2.17. The molecule has 0 aliphatic carbocycles. The zero-order valence-corrected chi connectivity index (χ0v) is 16.4. The van der Waals surface area contributed by atoms with Crippen LogP contribution in [0.2, 0.25) is 5.02 Å².